The number of hydrogen-bond donors (Lipinski definition) is 5. The molecule has 0 spiro atoms. The topological polar surface area (TPSA) is 118 Å². The number of rotatable bonds is 5. The van der Waals surface area contributed by atoms with Crippen LogP contribution in [-0.2, 0) is 4.79 Å². The zero-order valence-electron chi connectivity index (χ0n) is 7.24. The van der Waals surface area contributed by atoms with Crippen molar-refractivity contribution in [3.05, 3.63) is 0 Å². The van der Waals surface area contributed by atoms with Crippen LogP contribution in [0, 0.1) is 0 Å². The maximum absolute atomic E-state index is 9.90. The summed E-state index contributed by atoms with van der Waals surface area (Å²) in [6.45, 7) is -0.760. The van der Waals surface area contributed by atoms with Crippen LogP contribution in [0.1, 0.15) is 0 Å². The van der Waals surface area contributed by atoms with Crippen molar-refractivity contribution in [2.24, 2.45) is 0 Å². The van der Waals surface area contributed by atoms with E-state index in [1.807, 2.05) is 0 Å². The van der Waals surface area contributed by atoms with Crippen LogP contribution in [0.3, 0.4) is 0 Å². The van der Waals surface area contributed by atoms with Crippen molar-refractivity contribution in [2.45, 2.75) is 24.4 Å². The third kappa shape index (κ3) is 5.04. The Balaban J connectivity index is 0. The number of aldehydes is 1. The van der Waals surface area contributed by atoms with Gasteiger partial charge in [-0.1, -0.05) is 0 Å². The zero-order valence-corrected chi connectivity index (χ0v) is 9.24. The smallest absolute Gasteiger partial charge is 0.151 e. The van der Waals surface area contributed by atoms with Crippen LogP contribution in [0.2, 0.25) is 0 Å². The van der Waals surface area contributed by atoms with Gasteiger partial charge in [-0.3, -0.25) is 0 Å². The SMILES string of the molecule is O=C[C@@H](O)[C@H](O)[C@@H](O)[C@H](O)CO.[Na]. The van der Waals surface area contributed by atoms with E-state index >= 15 is 0 Å². The van der Waals surface area contributed by atoms with E-state index in [0.717, 1.165) is 0 Å². The third-order valence-corrected chi connectivity index (χ3v) is 1.42. The molecule has 0 aromatic heterocycles. The van der Waals surface area contributed by atoms with Crippen LogP contribution < -0.4 is 0 Å². The summed E-state index contributed by atoms with van der Waals surface area (Å²) in [7, 11) is 0. The largest absolute Gasteiger partial charge is 0.394 e. The van der Waals surface area contributed by atoms with Gasteiger partial charge < -0.3 is 30.3 Å². The normalized spacial score (nSPS) is 19.5. The van der Waals surface area contributed by atoms with Gasteiger partial charge >= 0.3 is 0 Å². The Morgan fingerprint density at radius 3 is 1.85 bits per heavy atom. The van der Waals surface area contributed by atoms with Gasteiger partial charge in [0.2, 0.25) is 0 Å². The molecule has 5 N–H and O–H groups in total. The van der Waals surface area contributed by atoms with Gasteiger partial charge in [-0.15, -0.1) is 0 Å². The summed E-state index contributed by atoms with van der Waals surface area (Å²) >= 11 is 0. The maximum atomic E-state index is 9.90. The minimum absolute atomic E-state index is 0. The van der Waals surface area contributed by atoms with Gasteiger partial charge in [0.05, 0.1) is 6.61 Å². The van der Waals surface area contributed by atoms with Gasteiger partial charge in [0.15, 0.2) is 6.29 Å². The molecule has 0 saturated heterocycles. The van der Waals surface area contributed by atoms with Crippen LogP contribution in [-0.4, -0.2) is 92.4 Å². The first kappa shape index (κ1) is 15.9. The Morgan fingerprint density at radius 2 is 1.54 bits per heavy atom. The van der Waals surface area contributed by atoms with Gasteiger partial charge in [-0.05, 0) is 0 Å². The number of carbonyl (C=O) groups is 1. The number of carbonyl (C=O) groups excluding carboxylic acids is 1. The Hall–Kier alpha value is 0.470. The second-order valence-electron chi connectivity index (χ2n) is 2.36. The monoisotopic (exact) mass is 203 g/mol. The quantitative estimate of drug-likeness (QED) is 0.231. The molecule has 0 aromatic rings. The van der Waals surface area contributed by atoms with Crippen LogP contribution in [0.15, 0.2) is 0 Å². The van der Waals surface area contributed by atoms with E-state index in [-0.39, 0.29) is 35.8 Å². The predicted octanol–water partition coefficient (Wildman–Crippen LogP) is -3.76. The molecule has 13 heavy (non-hydrogen) atoms. The average molecular weight is 203 g/mol. The molecule has 0 saturated carbocycles. The van der Waals surface area contributed by atoms with Crippen LogP contribution in [0.25, 0.3) is 0 Å². The Morgan fingerprint density at radius 1 is 1.08 bits per heavy atom. The minimum atomic E-state index is -1.79. The molecule has 73 valence electrons. The molecular formula is C6H12NaO6. The van der Waals surface area contributed by atoms with Gasteiger partial charge in [0, 0.05) is 29.6 Å². The van der Waals surface area contributed by atoms with Crippen molar-refractivity contribution in [1.82, 2.24) is 0 Å². The molecule has 0 fully saturated rings. The van der Waals surface area contributed by atoms with Gasteiger partial charge in [-0.2, -0.15) is 0 Å². The molecule has 0 rings (SSSR count). The van der Waals surface area contributed by atoms with E-state index in [2.05, 4.69) is 0 Å². The molecule has 0 aliphatic rings. The number of hydrogen-bond acceptors (Lipinski definition) is 6. The summed E-state index contributed by atoms with van der Waals surface area (Å²) in [6.07, 6.45) is -6.84. The molecular weight excluding hydrogens is 191 g/mol. The van der Waals surface area contributed by atoms with Gasteiger partial charge in [0.1, 0.15) is 24.4 Å². The molecule has 4 atom stereocenters. The number of aliphatic hydroxyl groups is 5. The molecule has 0 aromatic carbocycles. The van der Waals surface area contributed by atoms with Crippen molar-refractivity contribution in [3.63, 3.8) is 0 Å². The first-order valence-corrected chi connectivity index (χ1v) is 3.33. The van der Waals surface area contributed by atoms with Crippen molar-refractivity contribution in [1.29, 1.82) is 0 Å². The zero-order chi connectivity index (χ0) is 9.72. The summed E-state index contributed by atoms with van der Waals surface area (Å²) in [4.78, 5) is 9.90. The second-order valence-corrected chi connectivity index (χ2v) is 2.36. The van der Waals surface area contributed by atoms with Crippen molar-refractivity contribution >= 4 is 35.8 Å². The van der Waals surface area contributed by atoms with Gasteiger partial charge in [-0.25, -0.2) is 0 Å². The van der Waals surface area contributed by atoms with E-state index in [0.29, 0.717) is 0 Å². The molecule has 1 radical (unpaired) electrons. The predicted molar refractivity (Wildman–Crippen MR) is 42.9 cm³/mol. The summed E-state index contributed by atoms with van der Waals surface area (Å²) < 4.78 is 0. The van der Waals surface area contributed by atoms with Crippen LogP contribution in [0.4, 0.5) is 0 Å². The van der Waals surface area contributed by atoms with Crippen molar-refractivity contribution < 1.29 is 30.3 Å². The third-order valence-electron chi connectivity index (χ3n) is 1.42. The molecule has 0 aliphatic carbocycles. The van der Waals surface area contributed by atoms with E-state index in [1.165, 1.54) is 0 Å². The fraction of sp³-hybridized carbons (Fsp3) is 0.833. The molecule has 0 heterocycles. The van der Waals surface area contributed by atoms with E-state index in [9.17, 15) is 4.79 Å². The molecule has 0 amide bonds. The van der Waals surface area contributed by atoms with Crippen LogP contribution in [0.5, 0.6) is 0 Å². The second kappa shape index (κ2) is 7.84. The fourth-order valence-corrected chi connectivity index (χ4v) is 0.618. The van der Waals surface area contributed by atoms with E-state index < -0.39 is 31.0 Å². The summed E-state index contributed by atoms with van der Waals surface area (Å²) in [5, 5.41) is 43.5. The molecule has 0 aliphatic heterocycles. The Labute approximate surface area is 97.1 Å². The van der Waals surface area contributed by atoms with Crippen molar-refractivity contribution in [2.75, 3.05) is 6.61 Å². The van der Waals surface area contributed by atoms with Gasteiger partial charge in [0.25, 0.3) is 0 Å². The fourth-order valence-electron chi connectivity index (χ4n) is 0.618. The van der Waals surface area contributed by atoms with E-state index in [1.54, 1.807) is 0 Å². The average Bonchev–Trinajstić information content (AvgIpc) is 2.12. The summed E-state index contributed by atoms with van der Waals surface area (Å²) in [5.74, 6) is 0. The maximum Gasteiger partial charge on any atom is 0.151 e. The Bertz CT molecular complexity index is 143. The van der Waals surface area contributed by atoms with Crippen molar-refractivity contribution in [3.8, 4) is 0 Å². The molecule has 7 heteroatoms. The first-order valence-electron chi connectivity index (χ1n) is 3.33. The Kier molecular flexibility index (Phi) is 9.60. The molecule has 6 nitrogen and oxygen atoms in total. The standard InChI is InChI=1S/C6H12O6.Na/c7-1-3(9)5(11)6(12)4(10)2-8;/h1,3-6,8-12H,2H2;/t3-,4-,5+,6+;/m1./s1. The van der Waals surface area contributed by atoms with E-state index in [4.69, 9.17) is 25.5 Å². The summed E-state index contributed by atoms with van der Waals surface area (Å²) in [5.41, 5.74) is 0. The number of aliphatic hydroxyl groups excluding tert-OH is 5. The van der Waals surface area contributed by atoms with Crippen LogP contribution >= 0.6 is 0 Å². The molecule has 0 unspecified atom stereocenters. The minimum Gasteiger partial charge on any atom is -0.394 e. The first-order chi connectivity index (χ1) is 5.54. The molecule has 0 bridgehead atoms. The summed E-state index contributed by atoms with van der Waals surface area (Å²) in [6, 6.07) is 0.